The molecule has 0 atom stereocenters. The number of sulfonamides is 1. The summed E-state index contributed by atoms with van der Waals surface area (Å²) in [5.41, 5.74) is -0.0631. The molecule has 0 saturated heterocycles. The monoisotopic (exact) mass is 270 g/mol. The molecule has 0 amide bonds. The Bertz CT molecular complexity index is 711. The summed E-state index contributed by atoms with van der Waals surface area (Å²) in [4.78, 5) is 10.9. The van der Waals surface area contributed by atoms with Crippen LogP contribution in [-0.4, -0.2) is 33.4 Å². The van der Waals surface area contributed by atoms with E-state index in [0.717, 1.165) is 0 Å². The highest BCUT2D eigenvalue weighted by molar-refractivity contribution is 7.89. The summed E-state index contributed by atoms with van der Waals surface area (Å²) in [6, 6.07) is 2.68. The molecule has 2 heterocycles. The molecule has 2 aromatic heterocycles. The van der Waals surface area contributed by atoms with Gasteiger partial charge in [-0.25, -0.2) is 18.7 Å². The molecule has 2 rings (SSSR count). The highest BCUT2D eigenvalue weighted by Crippen LogP contribution is 2.16. The van der Waals surface area contributed by atoms with E-state index in [2.05, 4.69) is 20.4 Å². The Morgan fingerprint density at radius 1 is 1.39 bits per heavy atom. The van der Waals surface area contributed by atoms with E-state index < -0.39 is 10.0 Å². The number of aromatic amines is 1. The first-order valence-electron chi connectivity index (χ1n) is 4.95. The average molecular weight is 270 g/mol. The lowest BCUT2D eigenvalue weighted by Gasteiger charge is -2.04. The Morgan fingerprint density at radius 2 is 2.11 bits per heavy atom. The maximum atomic E-state index is 11.3. The minimum atomic E-state index is -3.95. The first kappa shape index (κ1) is 12.4. The van der Waals surface area contributed by atoms with Gasteiger partial charge in [0.15, 0.2) is 5.82 Å². The van der Waals surface area contributed by atoms with E-state index in [1.54, 1.807) is 6.92 Å². The van der Waals surface area contributed by atoms with Crippen molar-refractivity contribution < 1.29 is 8.42 Å². The third-order valence-electron chi connectivity index (χ3n) is 2.20. The predicted octanol–water partition coefficient (Wildman–Crippen LogP) is -1.30. The summed E-state index contributed by atoms with van der Waals surface area (Å²) < 4.78 is 23.9. The topological polar surface area (TPSA) is 137 Å². The van der Waals surface area contributed by atoms with Crippen LogP contribution in [0.5, 0.6) is 0 Å². The third-order valence-corrected chi connectivity index (χ3v) is 3.01. The van der Waals surface area contributed by atoms with Crippen molar-refractivity contribution in [3.05, 3.63) is 22.5 Å². The van der Waals surface area contributed by atoms with Crippen molar-refractivity contribution >= 4 is 10.0 Å². The molecule has 10 heteroatoms. The van der Waals surface area contributed by atoms with Crippen LogP contribution in [0.15, 0.2) is 22.1 Å². The summed E-state index contributed by atoms with van der Waals surface area (Å²) in [6.45, 7) is 2.02. The van der Waals surface area contributed by atoms with Crippen LogP contribution in [-0.2, 0) is 16.6 Å². The Hall–Kier alpha value is -2.07. The lowest BCUT2D eigenvalue weighted by molar-refractivity contribution is 0.570. The van der Waals surface area contributed by atoms with Gasteiger partial charge in [0.1, 0.15) is 5.69 Å². The van der Waals surface area contributed by atoms with E-state index in [1.165, 1.54) is 16.7 Å². The number of rotatable bonds is 3. The van der Waals surface area contributed by atoms with Gasteiger partial charge in [0, 0.05) is 12.6 Å². The first-order valence-corrected chi connectivity index (χ1v) is 6.50. The standard InChI is InChI=1S/C8H10N6O3S/c1-2-14-7(5-3-4-6(15)11-10-5)12-13-8(14)18(9,16)17/h3-4H,2H2,1H3,(H,11,15)(H2,9,16,17). The summed E-state index contributed by atoms with van der Waals surface area (Å²) in [5.74, 6) is 0.220. The Labute approximate surface area is 102 Å². The van der Waals surface area contributed by atoms with Crippen LogP contribution in [0.2, 0.25) is 0 Å². The number of nitrogens with one attached hydrogen (secondary N) is 1. The van der Waals surface area contributed by atoms with Crippen LogP contribution >= 0.6 is 0 Å². The lowest BCUT2D eigenvalue weighted by Crippen LogP contribution is -2.18. The van der Waals surface area contributed by atoms with Crippen molar-refractivity contribution in [3.63, 3.8) is 0 Å². The molecule has 0 fully saturated rings. The van der Waals surface area contributed by atoms with Crippen molar-refractivity contribution in [2.45, 2.75) is 18.6 Å². The smallest absolute Gasteiger partial charge is 0.273 e. The number of H-pyrrole nitrogens is 1. The fraction of sp³-hybridized carbons (Fsp3) is 0.250. The minimum Gasteiger partial charge on any atom is -0.296 e. The second-order valence-electron chi connectivity index (χ2n) is 3.40. The van der Waals surface area contributed by atoms with E-state index in [1.807, 2.05) is 0 Å². The molecule has 2 aromatic rings. The van der Waals surface area contributed by atoms with E-state index in [9.17, 15) is 13.2 Å². The SMILES string of the molecule is CCn1c(-c2ccc(=O)[nH]n2)nnc1S(N)(=O)=O. The summed E-state index contributed by atoms with van der Waals surface area (Å²) in [6.07, 6.45) is 0. The van der Waals surface area contributed by atoms with Crippen LogP contribution in [0.25, 0.3) is 11.5 Å². The van der Waals surface area contributed by atoms with E-state index in [4.69, 9.17) is 5.14 Å². The average Bonchev–Trinajstić information content (AvgIpc) is 2.73. The number of primary sulfonamides is 1. The van der Waals surface area contributed by atoms with Gasteiger partial charge in [0.2, 0.25) is 0 Å². The second kappa shape index (κ2) is 4.31. The van der Waals surface area contributed by atoms with Crippen molar-refractivity contribution in [2.24, 2.45) is 5.14 Å². The number of hydrogen-bond acceptors (Lipinski definition) is 6. The van der Waals surface area contributed by atoms with Crippen LogP contribution < -0.4 is 10.7 Å². The quantitative estimate of drug-likeness (QED) is 0.710. The highest BCUT2D eigenvalue weighted by Gasteiger charge is 2.21. The number of nitrogens with two attached hydrogens (primary N) is 1. The fourth-order valence-corrected chi connectivity index (χ4v) is 2.12. The Kier molecular flexibility index (Phi) is 2.97. The molecular formula is C8H10N6O3S. The fourth-order valence-electron chi connectivity index (χ4n) is 1.44. The molecule has 3 N–H and O–H groups in total. The molecule has 0 bridgehead atoms. The summed E-state index contributed by atoms with van der Waals surface area (Å²) in [7, 11) is -3.95. The van der Waals surface area contributed by atoms with Gasteiger partial charge in [-0.15, -0.1) is 10.2 Å². The van der Waals surface area contributed by atoms with E-state index >= 15 is 0 Å². The molecule has 9 nitrogen and oxygen atoms in total. The van der Waals surface area contributed by atoms with Crippen LogP contribution in [0.4, 0.5) is 0 Å². The van der Waals surface area contributed by atoms with E-state index in [0.29, 0.717) is 12.2 Å². The van der Waals surface area contributed by atoms with Crippen molar-refractivity contribution in [1.29, 1.82) is 0 Å². The zero-order valence-electron chi connectivity index (χ0n) is 9.36. The maximum absolute atomic E-state index is 11.3. The van der Waals surface area contributed by atoms with Gasteiger partial charge in [-0.3, -0.25) is 9.36 Å². The van der Waals surface area contributed by atoms with Gasteiger partial charge in [0.25, 0.3) is 20.7 Å². The second-order valence-corrected chi connectivity index (χ2v) is 4.86. The van der Waals surface area contributed by atoms with Crippen molar-refractivity contribution in [1.82, 2.24) is 25.0 Å². The predicted molar refractivity (Wildman–Crippen MR) is 60.9 cm³/mol. The molecular weight excluding hydrogens is 260 g/mol. The van der Waals surface area contributed by atoms with Crippen LogP contribution in [0.1, 0.15) is 6.92 Å². The molecule has 0 aromatic carbocycles. The number of nitrogens with zero attached hydrogens (tertiary/aromatic N) is 4. The minimum absolute atomic E-state index is 0.220. The molecule has 0 aliphatic rings. The largest absolute Gasteiger partial charge is 0.296 e. The number of aromatic nitrogens is 5. The highest BCUT2D eigenvalue weighted by atomic mass is 32.2. The third kappa shape index (κ3) is 2.15. The molecule has 96 valence electrons. The summed E-state index contributed by atoms with van der Waals surface area (Å²) >= 11 is 0. The van der Waals surface area contributed by atoms with Gasteiger partial charge in [-0.1, -0.05) is 0 Å². The van der Waals surface area contributed by atoms with Gasteiger partial charge >= 0.3 is 0 Å². The molecule has 0 aliphatic carbocycles. The molecule has 0 aliphatic heterocycles. The maximum Gasteiger partial charge on any atom is 0.273 e. The zero-order chi connectivity index (χ0) is 13.3. The molecule has 0 unspecified atom stereocenters. The molecule has 0 spiro atoms. The normalized spacial score (nSPS) is 11.7. The van der Waals surface area contributed by atoms with Crippen LogP contribution in [0.3, 0.4) is 0 Å². The first-order chi connectivity index (χ1) is 8.43. The zero-order valence-corrected chi connectivity index (χ0v) is 10.2. The van der Waals surface area contributed by atoms with E-state index in [-0.39, 0.29) is 16.5 Å². The van der Waals surface area contributed by atoms with Gasteiger partial charge in [-0.2, -0.15) is 5.10 Å². The van der Waals surface area contributed by atoms with Gasteiger partial charge in [-0.05, 0) is 13.0 Å². The van der Waals surface area contributed by atoms with Crippen molar-refractivity contribution in [2.75, 3.05) is 0 Å². The number of hydrogen-bond donors (Lipinski definition) is 2. The van der Waals surface area contributed by atoms with Crippen molar-refractivity contribution in [3.8, 4) is 11.5 Å². The molecule has 0 radical (unpaired) electrons. The molecule has 0 saturated carbocycles. The Balaban J connectivity index is 2.63. The van der Waals surface area contributed by atoms with Gasteiger partial charge in [0.05, 0.1) is 0 Å². The lowest BCUT2D eigenvalue weighted by atomic mass is 10.3. The Morgan fingerprint density at radius 3 is 2.61 bits per heavy atom. The van der Waals surface area contributed by atoms with Gasteiger partial charge < -0.3 is 0 Å². The molecule has 18 heavy (non-hydrogen) atoms. The summed E-state index contributed by atoms with van der Waals surface area (Å²) in [5, 5.41) is 17.9. The van der Waals surface area contributed by atoms with Crippen LogP contribution in [0, 0.1) is 0 Å².